The van der Waals surface area contributed by atoms with Crippen molar-refractivity contribution >= 4 is 11.6 Å². The molecule has 1 rings (SSSR count). The van der Waals surface area contributed by atoms with Crippen LogP contribution in [0.25, 0.3) is 0 Å². The Morgan fingerprint density at radius 2 is 1.88 bits per heavy atom. The maximum Gasteiger partial charge on any atom is 0.0693 e. The maximum absolute atomic E-state index is 5.82. The molecule has 16 heavy (non-hydrogen) atoms. The molecule has 2 nitrogen and oxygen atoms in total. The first kappa shape index (κ1) is 13.5. The lowest BCUT2D eigenvalue weighted by Gasteiger charge is -2.19. The van der Waals surface area contributed by atoms with Crippen LogP contribution in [-0.4, -0.2) is 25.8 Å². The Morgan fingerprint density at radius 3 is 2.44 bits per heavy atom. The number of benzene rings is 1. The van der Waals surface area contributed by atoms with E-state index in [0.29, 0.717) is 6.04 Å². The number of methoxy groups -OCH3 is 1. The summed E-state index contributed by atoms with van der Waals surface area (Å²) >= 11 is 5.82. The van der Waals surface area contributed by atoms with Crippen LogP contribution >= 0.6 is 11.6 Å². The molecule has 0 amide bonds. The fraction of sp³-hybridized carbons (Fsp3) is 0.538. The zero-order valence-electron chi connectivity index (χ0n) is 10.2. The van der Waals surface area contributed by atoms with Crippen molar-refractivity contribution in [1.82, 2.24) is 5.32 Å². The first-order valence-corrected chi connectivity index (χ1v) is 6.02. The molecule has 0 saturated carbocycles. The highest BCUT2D eigenvalue weighted by Crippen LogP contribution is 2.09. The van der Waals surface area contributed by atoms with E-state index in [0.717, 1.165) is 18.0 Å². The average Bonchev–Trinajstić information content (AvgIpc) is 2.30. The van der Waals surface area contributed by atoms with Crippen molar-refractivity contribution in [3.8, 4) is 0 Å². The second-order valence-electron chi connectivity index (χ2n) is 4.06. The third-order valence-corrected chi connectivity index (χ3v) is 3.12. The van der Waals surface area contributed by atoms with E-state index in [1.165, 1.54) is 5.56 Å². The quantitative estimate of drug-likeness (QED) is 0.827. The predicted molar refractivity (Wildman–Crippen MR) is 69.1 cm³/mol. The molecule has 0 aliphatic carbocycles. The highest BCUT2D eigenvalue weighted by Gasteiger charge is 2.09. The maximum atomic E-state index is 5.82. The molecule has 0 aliphatic rings. The Labute approximate surface area is 103 Å². The van der Waals surface area contributed by atoms with Crippen molar-refractivity contribution in [2.45, 2.75) is 32.4 Å². The molecule has 0 radical (unpaired) electrons. The van der Waals surface area contributed by atoms with Crippen LogP contribution in [0.1, 0.15) is 19.4 Å². The van der Waals surface area contributed by atoms with Gasteiger partial charge in [-0.1, -0.05) is 23.7 Å². The normalized spacial score (nSPS) is 14.8. The number of nitrogens with one attached hydrogen (secondary N) is 1. The first-order chi connectivity index (χ1) is 7.63. The van der Waals surface area contributed by atoms with Crippen LogP contribution < -0.4 is 5.32 Å². The van der Waals surface area contributed by atoms with E-state index in [-0.39, 0.29) is 6.10 Å². The number of hydrogen-bond donors (Lipinski definition) is 1. The standard InChI is InChI=1S/C13H20ClNO/c1-10(11(2)16-3)15-9-8-12-4-6-13(14)7-5-12/h4-7,10-11,15H,8-9H2,1-3H3. The Hall–Kier alpha value is -0.570. The number of rotatable bonds is 6. The van der Waals surface area contributed by atoms with Crippen molar-refractivity contribution in [3.63, 3.8) is 0 Å². The third-order valence-electron chi connectivity index (χ3n) is 2.87. The van der Waals surface area contributed by atoms with E-state index < -0.39 is 0 Å². The second kappa shape index (κ2) is 6.89. The minimum Gasteiger partial charge on any atom is -0.380 e. The number of hydrogen-bond acceptors (Lipinski definition) is 2. The Balaban J connectivity index is 2.27. The zero-order valence-corrected chi connectivity index (χ0v) is 10.9. The van der Waals surface area contributed by atoms with Crippen molar-refractivity contribution in [1.29, 1.82) is 0 Å². The van der Waals surface area contributed by atoms with Gasteiger partial charge in [0.2, 0.25) is 0 Å². The van der Waals surface area contributed by atoms with E-state index in [4.69, 9.17) is 16.3 Å². The van der Waals surface area contributed by atoms with Crippen molar-refractivity contribution in [3.05, 3.63) is 34.9 Å². The van der Waals surface area contributed by atoms with Crippen molar-refractivity contribution < 1.29 is 4.74 Å². The largest absolute Gasteiger partial charge is 0.380 e. The summed E-state index contributed by atoms with van der Waals surface area (Å²) in [5.74, 6) is 0. The van der Waals surface area contributed by atoms with Crippen LogP contribution in [0.15, 0.2) is 24.3 Å². The van der Waals surface area contributed by atoms with Crippen LogP contribution in [0.3, 0.4) is 0 Å². The van der Waals surface area contributed by atoms with Crippen molar-refractivity contribution in [2.24, 2.45) is 0 Å². The van der Waals surface area contributed by atoms with Crippen LogP contribution in [0.4, 0.5) is 0 Å². The third kappa shape index (κ3) is 4.52. The minimum atomic E-state index is 0.241. The van der Waals surface area contributed by atoms with Gasteiger partial charge >= 0.3 is 0 Å². The summed E-state index contributed by atoms with van der Waals surface area (Å²) in [5, 5.41) is 4.23. The van der Waals surface area contributed by atoms with E-state index in [1.54, 1.807) is 7.11 Å². The van der Waals surface area contributed by atoms with Gasteiger partial charge in [-0.15, -0.1) is 0 Å². The molecule has 0 fully saturated rings. The molecule has 0 heterocycles. The van der Waals surface area contributed by atoms with Gasteiger partial charge in [-0.3, -0.25) is 0 Å². The molecule has 0 spiro atoms. The van der Waals surface area contributed by atoms with Gasteiger partial charge in [-0.05, 0) is 44.5 Å². The minimum absolute atomic E-state index is 0.241. The molecular formula is C13H20ClNO. The van der Waals surface area contributed by atoms with E-state index in [1.807, 2.05) is 12.1 Å². The lowest BCUT2D eigenvalue weighted by Crippen LogP contribution is -2.37. The van der Waals surface area contributed by atoms with Gasteiger partial charge in [-0.25, -0.2) is 0 Å². The fourth-order valence-electron chi connectivity index (χ4n) is 1.47. The van der Waals surface area contributed by atoms with Gasteiger partial charge in [0.1, 0.15) is 0 Å². The fourth-order valence-corrected chi connectivity index (χ4v) is 1.59. The molecule has 2 atom stereocenters. The predicted octanol–water partition coefficient (Wildman–Crippen LogP) is 2.90. The Kier molecular flexibility index (Phi) is 5.81. The monoisotopic (exact) mass is 241 g/mol. The lowest BCUT2D eigenvalue weighted by molar-refractivity contribution is 0.0890. The van der Waals surface area contributed by atoms with Gasteiger partial charge in [0.25, 0.3) is 0 Å². The van der Waals surface area contributed by atoms with Gasteiger partial charge in [0.05, 0.1) is 6.10 Å². The molecule has 0 bridgehead atoms. The van der Waals surface area contributed by atoms with E-state index in [2.05, 4.69) is 31.3 Å². The van der Waals surface area contributed by atoms with Crippen LogP contribution in [-0.2, 0) is 11.2 Å². The summed E-state index contributed by atoms with van der Waals surface area (Å²) in [6.07, 6.45) is 1.25. The highest BCUT2D eigenvalue weighted by molar-refractivity contribution is 6.30. The van der Waals surface area contributed by atoms with E-state index in [9.17, 15) is 0 Å². The molecule has 0 aromatic heterocycles. The van der Waals surface area contributed by atoms with Gasteiger partial charge in [0, 0.05) is 18.2 Å². The number of halogens is 1. The molecule has 1 aromatic carbocycles. The summed E-state index contributed by atoms with van der Waals surface area (Å²) in [6, 6.07) is 8.36. The second-order valence-corrected chi connectivity index (χ2v) is 4.50. The molecule has 90 valence electrons. The summed E-state index contributed by atoms with van der Waals surface area (Å²) in [6.45, 7) is 5.16. The molecule has 0 saturated heterocycles. The molecule has 1 aromatic rings. The summed E-state index contributed by atoms with van der Waals surface area (Å²) in [4.78, 5) is 0. The Morgan fingerprint density at radius 1 is 1.25 bits per heavy atom. The summed E-state index contributed by atoms with van der Waals surface area (Å²) in [5.41, 5.74) is 1.30. The average molecular weight is 242 g/mol. The molecule has 0 aliphatic heterocycles. The number of ether oxygens (including phenoxy) is 1. The first-order valence-electron chi connectivity index (χ1n) is 5.64. The van der Waals surface area contributed by atoms with E-state index >= 15 is 0 Å². The van der Waals surface area contributed by atoms with Crippen LogP contribution in [0.5, 0.6) is 0 Å². The smallest absolute Gasteiger partial charge is 0.0693 e. The highest BCUT2D eigenvalue weighted by atomic mass is 35.5. The molecular weight excluding hydrogens is 222 g/mol. The topological polar surface area (TPSA) is 21.3 Å². The molecule has 2 unspecified atom stereocenters. The zero-order chi connectivity index (χ0) is 12.0. The van der Waals surface area contributed by atoms with Gasteiger partial charge in [-0.2, -0.15) is 0 Å². The summed E-state index contributed by atoms with van der Waals surface area (Å²) in [7, 11) is 1.74. The SMILES string of the molecule is COC(C)C(C)NCCc1ccc(Cl)cc1. The summed E-state index contributed by atoms with van der Waals surface area (Å²) < 4.78 is 5.25. The molecule has 3 heteroatoms. The van der Waals surface area contributed by atoms with Crippen molar-refractivity contribution in [2.75, 3.05) is 13.7 Å². The molecule has 1 N–H and O–H groups in total. The lowest BCUT2D eigenvalue weighted by atomic mass is 10.1. The van der Waals surface area contributed by atoms with Gasteiger partial charge in [0.15, 0.2) is 0 Å². The van der Waals surface area contributed by atoms with Gasteiger partial charge < -0.3 is 10.1 Å². The van der Waals surface area contributed by atoms with Crippen LogP contribution in [0.2, 0.25) is 5.02 Å². The Bertz CT molecular complexity index is 299. The van der Waals surface area contributed by atoms with Crippen LogP contribution in [0, 0.1) is 0 Å².